The Morgan fingerprint density at radius 2 is 1.62 bits per heavy atom. The van der Waals surface area contributed by atoms with E-state index in [4.69, 9.17) is 10.2 Å². The number of carbonyl (C=O) groups excluding carboxylic acids is 2. The van der Waals surface area contributed by atoms with Crippen LogP contribution in [0.1, 0.15) is 33.1 Å². The molecule has 0 heterocycles. The fraction of sp³-hybridized carbons (Fsp3) is 0.667. The third kappa shape index (κ3) is 10.2. The molecule has 0 unspecified atom stereocenters. The summed E-state index contributed by atoms with van der Waals surface area (Å²) < 4.78 is 0. The summed E-state index contributed by atoms with van der Waals surface area (Å²) in [5, 5.41) is 24.5. The number of rotatable bonds is 9. The van der Waals surface area contributed by atoms with Gasteiger partial charge in [-0.2, -0.15) is 0 Å². The van der Waals surface area contributed by atoms with E-state index in [-0.39, 0.29) is 37.8 Å². The highest BCUT2D eigenvalue weighted by atomic mass is 16.4. The van der Waals surface area contributed by atoms with Gasteiger partial charge in [0.2, 0.25) is 5.91 Å². The van der Waals surface area contributed by atoms with Gasteiger partial charge in [0.25, 0.3) is 0 Å². The molecule has 1 atom stereocenters. The molecule has 3 amide bonds. The van der Waals surface area contributed by atoms with Crippen LogP contribution in [-0.2, 0) is 14.4 Å². The minimum absolute atomic E-state index is 0.00117. The third-order valence-electron chi connectivity index (χ3n) is 2.34. The first-order chi connectivity index (χ1) is 9.72. The second-order valence-corrected chi connectivity index (χ2v) is 4.70. The fourth-order valence-corrected chi connectivity index (χ4v) is 1.42. The molecule has 0 saturated carbocycles. The molecule has 0 aromatic carbocycles. The molecule has 0 saturated heterocycles. The molecule has 9 nitrogen and oxygen atoms in total. The highest BCUT2D eigenvalue weighted by molar-refractivity contribution is 5.83. The third-order valence-corrected chi connectivity index (χ3v) is 2.34. The summed E-state index contributed by atoms with van der Waals surface area (Å²) in [6.07, 6.45) is -0.515. The molecule has 21 heavy (non-hydrogen) atoms. The summed E-state index contributed by atoms with van der Waals surface area (Å²) in [5.41, 5.74) is 0. The zero-order valence-electron chi connectivity index (χ0n) is 12.0. The van der Waals surface area contributed by atoms with Gasteiger partial charge >= 0.3 is 18.0 Å². The van der Waals surface area contributed by atoms with Crippen molar-refractivity contribution >= 4 is 23.9 Å². The van der Waals surface area contributed by atoms with Gasteiger partial charge in [0, 0.05) is 25.4 Å². The number of amides is 3. The Morgan fingerprint density at radius 1 is 1.00 bits per heavy atom. The van der Waals surface area contributed by atoms with Gasteiger partial charge in [0.1, 0.15) is 6.04 Å². The average molecular weight is 303 g/mol. The van der Waals surface area contributed by atoms with E-state index in [1.165, 1.54) is 0 Å². The SMILES string of the molecule is CC(C)NC(=O)CCNC(=O)N[C@@H](CCC(=O)O)C(=O)O. The van der Waals surface area contributed by atoms with Crippen molar-refractivity contribution < 1.29 is 29.4 Å². The lowest BCUT2D eigenvalue weighted by atomic mass is 10.1. The minimum Gasteiger partial charge on any atom is -0.481 e. The van der Waals surface area contributed by atoms with Gasteiger partial charge < -0.3 is 26.2 Å². The predicted octanol–water partition coefficient (Wildman–Crippen LogP) is -0.482. The van der Waals surface area contributed by atoms with Crippen molar-refractivity contribution in [3.05, 3.63) is 0 Å². The summed E-state index contributed by atoms with van der Waals surface area (Å²) in [6, 6.07) is -2.05. The quantitative estimate of drug-likeness (QED) is 0.389. The van der Waals surface area contributed by atoms with E-state index in [1.807, 2.05) is 0 Å². The molecule has 0 spiro atoms. The van der Waals surface area contributed by atoms with Crippen molar-refractivity contribution in [3.63, 3.8) is 0 Å². The van der Waals surface area contributed by atoms with Crippen molar-refractivity contribution in [2.45, 2.75) is 45.2 Å². The molecular weight excluding hydrogens is 282 g/mol. The smallest absolute Gasteiger partial charge is 0.326 e. The van der Waals surface area contributed by atoms with Crippen LogP contribution in [0.15, 0.2) is 0 Å². The van der Waals surface area contributed by atoms with Crippen molar-refractivity contribution in [1.82, 2.24) is 16.0 Å². The number of carboxylic acids is 2. The van der Waals surface area contributed by atoms with Gasteiger partial charge in [0.05, 0.1) is 0 Å². The van der Waals surface area contributed by atoms with Crippen LogP contribution in [0.4, 0.5) is 4.79 Å². The van der Waals surface area contributed by atoms with E-state index in [0.29, 0.717) is 0 Å². The van der Waals surface area contributed by atoms with Gasteiger partial charge in [-0.15, -0.1) is 0 Å². The number of aliphatic carboxylic acids is 2. The Hall–Kier alpha value is -2.32. The Kier molecular flexibility index (Phi) is 8.51. The molecular formula is C12H21N3O6. The maximum Gasteiger partial charge on any atom is 0.326 e. The van der Waals surface area contributed by atoms with Crippen LogP contribution in [0.5, 0.6) is 0 Å². The number of hydrogen-bond acceptors (Lipinski definition) is 4. The molecule has 120 valence electrons. The minimum atomic E-state index is -1.32. The number of carbonyl (C=O) groups is 4. The molecule has 0 rings (SSSR count). The Balaban J connectivity index is 4.06. The molecule has 9 heteroatoms. The standard InChI is InChI=1S/C12H21N3O6/c1-7(2)14-9(16)5-6-13-12(21)15-8(11(19)20)3-4-10(17)18/h7-8H,3-6H2,1-2H3,(H,14,16)(H,17,18)(H,19,20)(H2,13,15,21)/t8-/m0/s1. The van der Waals surface area contributed by atoms with Crippen LogP contribution in [0, 0.1) is 0 Å². The first kappa shape index (κ1) is 18.7. The second-order valence-electron chi connectivity index (χ2n) is 4.70. The molecule has 0 fully saturated rings. The maximum atomic E-state index is 11.4. The lowest BCUT2D eigenvalue weighted by Gasteiger charge is -2.14. The highest BCUT2D eigenvalue weighted by Gasteiger charge is 2.20. The monoisotopic (exact) mass is 303 g/mol. The number of nitrogens with one attached hydrogen (secondary N) is 3. The summed E-state index contributed by atoms with van der Waals surface area (Å²) in [7, 11) is 0. The van der Waals surface area contributed by atoms with E-state index in [2.05, 4.69) is 16.0 Å². The van der Waals surface area contributed by atoms with Crippen molar-refractivity contribution in [2.24, 2.45) is 0 Å². The van der Waals surface area contributed by atoms with Crippen molar-refractivity contribution in [2.75, 3.05) is 6.54 Å². The molecule has 0 aromatic rings. The van der Waals surface area contributed by atoms with E-state index >= 15 is 0 Å². The Morgan fingerprint density at radius 3 is 2.10 bits per heavy atom. The molecule has 0 bridgehead atoms. The highest BCUT2D eigenvalue weighted by Crippen LogP contribution is 1.98. The lowest BCUT2D eigenvalue weighted by molar-refractivity contribution is -0.140. The number of carboxylic acid groups (broad SMARTS) is 2. The van der Waals surface area contributed by atoms with Crippen LogP contribution in [0.2, 0.25) is 0 Å². The lowest BCUT2D eigenvalue weighted by Crippen LogP contribution is -2.47. The summed E-state index contributed by atoms with van der Waals surface area (Å²) in [6.45, 7) is 3.66. The van der Waals surface area contributed by atoms with Crippen LogP contribution in [0.3, 0.4) is 0 Å². The summed E-state index contributed by atoms with van der Waals surface area (Å²) in [4.78, 5) is 44.0. The van der Waals surface area contributed by atoms with Gasteiger partial charge in [-0.05, 0) is 20.3 Å². The maximum absolute atomic E-state index is 11.4. The van der Waals surface area contributed by atoms with Gasteiger partial charge in [-0.25, -0.2) is 9.59 Å². The van der Waals surface area contributed by atoms with E-state index in [9.17, 15) is 19.2 Å². The first-order valence-electron chi connectivity index (χ1n) is 6.50. The van der Waals surface area contributed by atoms with E-state index in [1.54, 1.807) is 13.8 Å². The predicted molar refractivity (Wildman–Crippen MR) is 72.7 cm³/mol. The number of urea groups is 1. The van der Waals surface area contributed by atoms with Gasteiger partial charge in [0.15, 0.2) is 0 Å². The molecule has 0 radical (unpaired) electrons. The zero-order chi connectivity index (χ0) is 16.4. The largest absolute Gasteiger partial charge is 0.481 e. The zero-order valence-corrected chi connectivity index (χ0v) is 12.0. The van der Waals surface area contributed by atoms with Crippen molar-refractivity contribution in [1.29, 1.82) is 0 Å². The van der Waals surface area contributed by atoms with E-state index < -0.39 is 24.0 Å². The fourth-order valence-electron chi connectivity index (χ4n) is 1.42. The topological polar surface area (TPSA) is 145 Å². The van der Waals surface area contributed by atoms with Crippen LogP contribution in [0.25, 0.3) is 0 Å². The van der Waals surface area contributed by atoms with Crippen LogP contribution in [-0.4, -0.2) is 52.7 Å². The molecule has 0 aliphatic carbocycles. The van der Waals surface area contributed by atoms with Gasteiger partial charge in [-0.1, -0.05) is 0 Å². The van der Waals surface area contributed by atoms with Crippen LogP contribution >= 0.6 is 0 Å². The molecule has 0 aliphatic rings. The summed E-state index contributed by atoms with van der Waals surface area (Å²) >= 11 is 0. The van der Waals surface area contributed by atoms with Gasteiger partial charge in [-0.3, -0.25) is 9.59 Å². The first-order valence-corrected chi connectivity index (χ1v) is 6.50. The molecule has 0 aromatic heterocycles. The molecule has 5 N–H and O–H groups in total. The normalized spacial score (nSPS) is 11.6. The average Bonchev–Trinajstić information content (AvgIpc) is 2.32. The molecule has 0 aliphatic heterocycles. The van der Waals surface area contributed by atoms with Crippen LogP contribution < -0.4 is 16.0 Å². The Labute approximate surface area is 122 Å². The van der Waals surface area contributed by atoms with E-state index in [0.717, 1.165) is 0 Å². The Bertz CT molecular complexity index is 396. The number of hydrogen-bond donors (Lipinski definition) is 5. The summed E-state index contributed by atoms with van der Waals surface area (Å²) in [5.74, 6) is -2.69. The second kappa shape index (κ2) is 9.56. The van der Waals surface area contributed by atoms with Crippen molar-refractivity contribution in [3.8, 4) is 0 Å².